The predicted molar refractivity (Wildman–Crippen MR) is 101 cm³/mol. The molecule has 2 fully saturated rings. The Hall–Kier alpha value is -2.58. The van der Waals surface area contributed by atoms with Crippen LogP contribution < -0.4 is 14.8 Å². The second kappa shape index (κ2) is 8.04. The summed E-state index contributed by atoms with van der Waals surface area (Å²) < 4.78 is 35.0. The average Bonchev–Trinajstić information content (AvgIpc) is 3.18. The molecule has 0 unspecified atom stereocenters. The van der Waals surface area contributed by atoms with Gasteiger partial charge in [0, 0.05) is 44.4 Å². The molecule has 29 heavy (non-hydrogen) atoms. The highest BCUT2D eigenvalue weighted by molar-refractivity contribution is 5.90. The lowest BCUT2D eigenvalue weighted by molar-refractivity contribution is -0.286. The van der Waals surface area contributed by atoms with Crippen LogP contribution in [-0.4, -0.2) is 54.2 Å². The van der Waals surface area contributed by atoms with Gasteiger partial charge >= 0.3 is 12.3 Å². The summed E-state index contributed by atoms with van der Waals surface area (Å²) in [6.07, 6.45) is 2.31. The van der Waals surface area contributed by atoms with Crippen LogP contribution in [0.4, 0.5) is 19.3 Å². The number of fused-ring (bicyclic) bond motifs is 1. The second-order valence-electron chi connectivity index (χ2n) is 7.84. The molecule has 2 heterocycles. The zero-order chi connectivity index (χ0) is 20.4. The first-order valence-electron chi connectivity index (χ1n) is 10.1. The Morgan fingerprint density at radius 1 is 1.00 bits per heavy atom. The van der Waals surface area contributed by atoms with E-state index in [0.717, 1.165) is 12.8 Å². The molecule has 1 N–H and O–H groups in total. The zero-order valence-corrected chi connectivity index (χ0v) is 16.2. The highest BCUT2D eigenvalue weighted by Gasteiger charge is 2.43. The van der Waals surface area contributed by atoms with Crippen molar-refractivity contribution in [2.75, 3.05) is 31.5 Å². The number of nitrogens with one attached hydrogen (secondary N) is 1. The van der Waals surface area contributed by atoms with E-state index in [4.69, 9.17) is 0 Å². The largest absolute Gasteiger partial charge is 0.586 e. The van der Waals surface area contributed by atoms with Crippen LogP contribution in [-0.2, 0) is 4.79 Å². The first kappa shape index (κ1) is 19.7. The summed E-state index contributed by atoms with van der Waals surface area (Å²) >= 11 is 0. The van der Waals surface area contributed by atoms with Crippen LogP contribution in [0.15, 0.2) is 18.2 Å². The number of benzene rings is 1. The van der Waals surface area contributed by atoms with E-state index in [0.29, 0.717) is 50.6 Å². The van der Waals surface area contributed by atoms with Crippen molar-refractivity contribution in [3.63, 3.8) is 0 Å². The van der Waals surface area contributed by atoms with Crippen molar-refractivity contribution in [1.82, 2.24) is 9.80 Å². The Morgan fingerprint density at radius 3 is 2.48 bits per heavy atom. The summed E-state index contributed by atoms with van der Waals surface area (Å²) in [5.74, 6) is 0.492. The average molecular weight is 409 g/mol. The van der Waals surface area contributed by atoms with E-state index in [1.165, 1.54) is 31.0 Å². The lowest BCUT2D eigenvalue weighted by Crippen LogP contribution is -2.39. The Labute approximate surface area is 167 Å². The van der Waals surface area contributed by atoms with Gasteiger partial charge in [-0.1, -0.05) is 12.8 Å². The minimum atomic E-state index is -3.69. The van der Waals surface area contributed by atoms with Gasteiger partial charge in [0.25, 0.3) is 0 Å². The van der Waals surface area contributed by atoms with Gasteiger partial charge in [0.2, 0.25) is 5.91 Å². The van der Waals surface area contributed by atoms with E-state index < -0.39 is 6.29 Å². The molecular weight excluding hydrogens is 384 g/mol. The Morgan fingerprint density at radius 2 is 1.69 bits per heavy atom. The van der Waals surface area contributed by atoms with Crippen molar-refractivity contribution in [3.8, 4) is 11.5 Å². The van der Waals surface area contributed by atoms with Gasteiger partial charge in [0.15, 0.2) is 11.5 Å². The number of halogens is 2. The number of alkyl halides is 2. The molecule has 9 heteroatoms. The highest BCUT2D eigenvalue weighted by Crippen LogP contribution is 2.42. The first-order chi connectivity index (χ1) is 13.9. The number of carbonyl (C=O) groups is 2. The number of nitrogens with zero attached hydrogens (tertiary/aromatic N) is 2. The summed E-state index contributed by atoms with van der Waals surface area (Å²) in [5.41, 5.74) is 0.341. The van der Waals surface area contributed by atoms with Crippen LogP contribution in [0.3, 0.4) is 0 Å². The van der Waals surface area contributed by atoms with Crippen LogP contribution >= 0.6 is 0 Å². The van der Waals surface area contributed by atoms with Gasteiger partial charge in [-0.3, -0.25) is 4.79 Å². The smallest absolute Gasteiger partial charge is 0.395 e. The van der Waals surface area contributed by atoms with Crippen LogP contribution in [0.5, 0.6) is 11.5 Å². The van der Waals surface area contributed by atoms with Gasteiger partial charge in [0.1, 0.15) is 0 Å². The third kappa shape index (κ3) is 4.71. The number of carbonyl (C=O) groups excluding carboxylic acids is 2. The van der Waals surface area contributed by atoms with Gasteiger partial charge < -0.3 is 24.6 Å². The quantitative estimate of drug-likeness (QED) is 0.827. The molecule has 0 bridgehead atoms. The fourth-order valence-corrected chi connectivity index (χ4v) is 4.19. The van der Waals surface area contributed by atoms with Crippen LogP contribution in [0, 0.1) is 5.92 Å². The van der Waals surface area contributed by atoms with Gasteiger partial charge in [-0.25, -0.2) is 4.79 Å². The van der Waals surface area contributed by atoms with Crippen molar-refractivity contribution in [1.29, 1.82) is 0 Å². The molecule has 0 atom stereocenters. The third-order valence-corrected chi connectivity index (χ3v) is 5.73. The molecule has 1 aliphatic carbocycles. The van der Waals surface area contributed by atoms with Crippen molar-refractivity contribution >= 4 is 17.6 Å². The monoisotopic (exact) mass is 409 g/mol. The molecule has 2 aliphatic heterocycles. The molecule has 1 aromatic carbocycles. The molecule has 3 aliphatic rings. The number of urea groups is 1. The van der Waals surface area contributed by atoms with Crippen molar-refractivity contribution in [2.24, 2.45) is 5.92 Å². The molecule has 0 aromatic heterocycles. The predicted octanol–water partition coefficient (Wildman–Crippen LogP) is 3.65. The summed E-state index contributed by atoms with van der Waals surface area (Å²) in [7, 11) is 0. The van der Waals surface area contributed by atoms with E-state index in [1.807, 2.05) is 4.90 Å². The number of rotatable bonds is 3. The standard InChI is InChI=1S/C20H25F2N3O4/c21-20(22)28-16-7-6-15(13-17(16)29-20)23-19(27)25-9-3-8-24(10-11-25)18(26)12-14-4-1-2-5-14/h6-7,13-14H,1-5,8-12H2,(H,23,27). The summed E-state index contributed by atoms with van der Waals surface area (Å²) in [6.45, 7) is 2.12. The molecule has 4 rings (SSSR count). The van der Waals surface area contributed by atoms with Crippen molar-refractivity contribution < 1.29 is 27.8 Å². The number of anilines is 1. The fraction of sp³-hybridized carbons (Fsp3) is 0.600. The van der Waals surface area contributed by atoms with Gasteiger partial charge in [0.05, 0.1) is 0 Å². The minimum Gasteiger partial charge on any atom is -0.395 e. The van der Waals surface area contributed by atoms with Gasteiger partial charge in [-0.05, 0) is 37.3 Å². The maximum Gasteiger partial charge on any atom is 0.586 e. The zero-order valence-electron chi connectivity index (χ0n) is 16.2. The van der Waals surface area contributed by atoms with E-state index in [1.54, 1.807) is 4.90 Å². The van der Waals surface area contributed by atoms with E-state index >= 15 is 0 Å². The molecule has 7 nitrogen and oxygen atoms in total. The molecule has 0 radical (unpaired) electrons. The van der Waals surface area contributed by atoms with E-state index in [2.05, 4.69) is 14.8 Å². The molecule has 1 saturated heterocycles. The third-order valence-electron chi connectivity index (χ3n) is 5.73. The number of hydrogen-bond acceptors (Lipinski definition) is 4. The van der Waals surface area contributed by atoms with Crippen LogP contribution in [0.2, 0.25) is 0 Å². The summed E-state index contributed by atoms with van der Waals surface area (Å²) in [4.78, 5) is 28.6. The fourth-order valence-electron chi connectivity index (χ4n) is 4.19. The number of amides is 3. The Balaban J connectivity index is 1.30. The maximum absolute atomic E-state index is 13.1. The summed E-state index contributed by atoms with van der Waals surface area (Å²) in [5, 5.41) is 2.70. The maximum atomic E-state index is 13.1. The second-order valence-corrected chi connectivity index (χ2v) is 7.84. The summed E-state index contributed by atoms with van der Waals surface area (Å²) in [6, 6.07) is 3.79. The molecule has 3 amide bonds. The van der Waals surface area contributed by atoms with Crippen LogP contribution in [0.1, 0.15) is 38.5 Å². The topological polar surface area (TPSA) is 71.1 Å². The van der Waals surface area contributed by atoms with Crippen LogP contribution in [0.25, 0.3) is 0 Å². The molecule has 1 aromatic rings. The van der Waals surface area contributed by atoms with Gasteiger partial charge in [-0.2, -0.15) is 0 Å². The van der Waals surface area contributed by atoms with E-state index in [-0.39, 0.29) is 23.4 Å². The molecule has 1 saturated carbocycles. The lowest BCUT2D eigenvalue weighted by Gasteiger charge is -2.23. The normalized spacial score (nSPS) is 21.2. The molecule has 0 spiro atoms. The lowest BCUT2D eigenvalue weighted by atomic mass is 10.0. The van der Waals surface area contributed by atoms with Gasteiger partial charge in [-0.15, -0.1) is 8.78 Å². The van der Waals surface area contributed by atoms with Crippen molar-refractivity contribution in [2.45, 2.75) is 44.8 Å². The molecular formula is C20H25F2N3O4. The highest BCUT2D eigenvalue weighted by atomic mass is 19.3. The Bertz CT molecular complexity index is 783. The van der Waals surface area contributed by atoms with Crippen molar-refractivity contribution in [3.05, 3.63) is 18.2 Å². The minimum absolute atomic E-state index is 0.0702. The Kier molecular flexibility index (Phi) is 5.47. The first-order valence-corrected chi connectivity index (χ1v) is 10.1. The number of hydrogen-bond donors (Lipinski definition) is 1. The SMILES string of the molecule is O=C(CC1CCCC1)N1CCCN(C(=O)Nc2ccc3c(c2)OC(F)(F)O3)CC1. The molecule has 158 valence electrons. The number of ether oxygens (including phenoxy) is 2. The van der Waals surface area contributed by atoms with E-state index in [9.17, 15) is 18.4 Å².